The van der Waals surface area contributed by atoms with Crippen LogP contribution in [0.2, 0.25) is 0 Å². The van der Waals surface area contributed by atoms with E-state index in [1.54, 1.807) is 0 Å². The molecule has 0 amide bonds. The molecule has 0 bridgehead atoms. The van der Waals surface area contributed by atoms with E-state index in [1.165, 1.54) is 86.1 Å². The van der Waals surface area contributed by atoms with Crippen molar-refractivity contribution in [2.24, 2.45) is 0 Å². The molecule has 0 atom stereocenters. The fraction of sp³-hybridized carbons (Fsp3) is 0. The van der Waals surface area contributed by atoms with E-state index in [9.17, 15) is 0 Å². The first-order valence-electron chi connectivity index (χ1n) is 20.8. The minimum absolute atomic E-state index is 1.09. The molecule has 0 aliphatic rings. The normalized spacial score (nSPS) is 11.6. The lowest BCUT2D eigenvalue weighted by atomic mass is 9.92. The lowest BCUT2D eigenvalue weighted by Crippen LogP contribution is -2.10. The average molecular weight is 795 g/mol. The Morgan fingerprint density at radius 1 is 0.311 bits per heavy atom. The van der Waals surface area contributed by atoms with Crippen molar-refractivity contribution in [3.05, 3.63) is 231 Å². The molecule has 0 N–H and O–H groups in total. The molecular weight excluding hydrogens is 757 g/mol. The van der Waals surface area contributed by atoms with Crippen LogP contribution in [0.1, 0.15) is 0 Å². The zero-order valence-corrected chi connectivity index (χ0v) is 34.1. The molecule has 0 fully saturated rings. The number of aromatic nitrogens is 1. The second kappa shape index (κ2) is 14.5. The molecule has 0 saturated carbocycles. The van der Waals surface area contributed by atoms with Crippen LogP contribution in [0.4, 0.5) is 17.1 Å². The molecule has 2 nitrogen and oxygen atoms in total. The van der Waals surface area contributed by atoms with Crippen LogP contribution in [0.25, 0.3) is 91.8 Å². The molecule has 2 heterocycles. The van der Waals surface area contributed by atoms with Crippen LogP contribution in [-0.2, 0) is 0 Å². The fourth-order valence-corrected chi connectivity index (χ4v) is 10.4. The molecule has 0 aliphatic carbocycles. The lowest BCUT2D eigenvalue weighted by Gasteiger charge is -2.27. The molecule has 286 valence electrons. The molecular formula is C58H38N2S. The smallest absolute Gasteiger partial charge is 0.0547 e. The molecule has 2 aromatic heterocycles. The first-order valence-corrected chi connectivity index (χ1v) is 21.6. The summed E-state index contributed by atoms with van der Waals surface area (Å²) < 4.78 is 5.06. The van der Waals surface area contributed by atoms with E-state index >= 15 is 0 Å². The summed E-state index contributed by atoms with van der Waals surface area (Å²) in [5.41, 5.74) is 13.9. The number of anilines is 3. The summed E-state index contributed by atoms with van der Waals surface area (Å²) in [6.07, 6.45) is 0. The summed E-state index contributed by atoms with van der Waals surface area (Å²) in [4.78, 5) is 2.42. The van der Waals surface area contributed by atoms with E-state index in [0.29, 0.717) is 0 Å². The molecule has 0 radical (unpaired) electrons. The first-order chi connectivity index (χ1) is 30.2. The van der Waals surface area contributed by atoms with Crippen molar-refractivity contribution >= 4 is 81.1 Å². The van der Waals surface area contributed by atoms with Crippen molar-refractivity contribution in [1.82, 2.24) is 4.57 Å². The Bertz CT molecular complexity index is 3580. The Labute approximate surface area is 358 Å². The van der Waals surface area contributed by atoms with Gasteiger partial charge in [0, 0.05) is 53.6 Å². The van der Waals surface area contributed by atoms with Crippen LogP contribution in [0.3, 0.4) is 0 Å². The summed E-state index contributed by atoms with van der Waals surface area (Å²) in [7, 11) is 0. The Kier molecular flexibility index (Phi) is 8.39. The van der Waals surface area contributed by atoms with Gasteiger partial charge < -0.3 is 9.47 Å². The number of benzene rings is 10. The van der Waals surface area contributed by atoms with Crippen molar-refractivity contribution in [3.8, 4) is 39.1 Å². The average Bonchev–Trinajstić information content (AvgIpc) is 3.86. The molecule has 0 spiro atoms. The SMILES string of the molecule is c1ccc(-c2ccc(N(c3ccc(-c4ccccc4-n4c5ccccc5c5cc6ccccc6cc54)c(-c4ccccc4)c3)c3ccc4sc5ccccc5c4c3)cc2)cc1. The second-order valence-electron chi connectivity index (χ2n) is 15.7. The molecule has 0 unspecified atom stereocenters. The molecule has 0 aliphatic heterocycles. The van der Waals surface area contributed by atoms with Gasteiger partial charge in [-0.05, 0) is 111 Å². The molecule has 12 aromatic rings. The lowest BCUT2D eigenvalue weighted by molar-refractivity contribution is 1.18. The van der Waals surface area contributed by atoms with Crippen molar-refractivity contribution in [3.63, 3.8) is 0 Å². The topological polar surface area (TPSA) is 8.17 Å². The summed E-state index contributed by atoms with van der Waals surface area (Å²) >= 11 is 1.85. The van der Waals surface area contributed by atoms with Gasteiger partial charge in [-0.2, -0.15) is 0 Å². The second-order valence-corrected chi connectivity index (χ2v) is 16.8. The van der Waals surface area contributed by atoms with Gasteiger partial charge in [0.15, 0.2) is 0 Å². The van der Waals surface area contributed by atoms with E-state index in [1.807, 2.05) is 11.3 Å². The van der Waals surface area contributed by atoms with Crippen LogP contribution in [-0.4, -0.2) is 4.57 Å². The van der Waals surface area contributed by atoms with Gasteiger partial charge in [-0.25, -0.2) is 0 Å². The van der Waals surface area contributed by atoms with Crippen molar-refractivity contribution < 1.29 is 0 Å². The maximum atomic E-state index is 2.47. The Morgan fingerprint density at radius 2 is 0.902 bits per heavy atom. The molecule has 0 saturated heterocycles. The van der Waals surface area contributed by atoms with Crippen molar-refractivity contribution in [1.29, 1.82) is 0 Å². The predicted octanol–water partition coefficient (Wildman–Crippen LogP) is 16.8. The van der Waals surface area contributed by atoms with Crippen LogP contribution >= 0.6 is 11.3 Å². The Morgan fingerprint density at radius 3 is 1.72 bits per heavy atom. The van der Waals surface area contributed by atoms with Gasteiger partial charge >= 0.3 is 0 Å². The Hall–Kier alpha value is -7.72. The maximum absolute atomic E-state index is 2.47. The molecule has 10 aromatic carbocycles. The number of rotatable bonds is 7. The highest BCUT2D eigenvalue weighted by atomic mass is 32.1. The number of nitrogens with zero attached hydrogens (tertiary/aromatic N) is 2. The third-order valence-electron chi connectivity index (χ3n) is 12.2. The standard InChI is InChI=1S/C58H38N2S/c1-3-15-39(16-4-1)40-27-29-44(30-28-40)59(46-32-34-58-53(38-46)50-23-11-14-26-57(50)61-58)45-31-33-47(51(37-45)41-17-5-2-6-18-41)48-21-9-12-24-54(48)60-55-25-13-10-22-49(55)52-35-42-19-7-8-20-43(42)36-56(52)60/h1-38H. The van der Waals surface area contributed by atoms with Crippen LogP contribution in [0.15, 0.2) is 231 Å². The van der Waals surface area contributed by atoms with E-state index < -0.39 is 0 Å². The van der Waals surface area contributed by atoms with Crippen LogP contribution in [0, 0.1) is 0 Å². The van der Waals surface area contributed by atoms with Gasteiger partial charge in [-0.1, -0.05) is 158 Å². The van der Waals surface area contributed by atoms with E-state index in [0.717, 1.165) is 22.7 Å². The number of hydrogen-bond donors (Lipinski definition) is 0. The van der Waals surface area contributed by atoms with Gasteiger partial charge in [-0.15, -0.1) is 11.3 Å². The largest absolute Gasteiger partial charge is 0.310 e. The monoisotopic (exact) mass is 794 g/mol. The van der Waals surface area contributed by atoms with Crippen LogP contribution < -0.4 is 4.90 Å². The Balaban J connectivity index is 1.08. The summed E-state index contributed by atoms with van der Waals surface area (Å²) in [5.74, 6) is 0. The quantitative estimate of drug-likeness (QED) is 0.156. The van der Waals surface area contributed by atoms with Gasteiger partial charge in [-0.3, -0.25) is 0 Å². The minimum atomic E-state index is 1.09. The first kappa shape index (κ1) is 35.2. The van der Waals surface area contributed by atoms with E-state index in [-0.39, 0.29) is 0 Å². The third kappa shape index (κ3) is 6.01. The van der Waals surface area contributed by atoms with Gasteiger partial charge in [0.1, 0.15) is 0 Å². The highest BCUT2D eigenvalue weighted by Gasteiger charge is 2.21. The van der Waals surface area contributed by atoms with E-state index in [4.69, 9.17) is 0 Å². The summed E-state index contributed by atoms with van der Waals surface area (Å²) in [6.45, 7) is 0. The highest BCUT2D eigenvalue weighted by Crippen LogP contribution is 2.45. The highest BCUT2D eigenvalue weighted by molar-refractivity contribution is 7.25. The predicted molar refractivity (Wildman–Crippen MR) is 262 cm³/mol. The molecule has 3 heteroatoms. The minimum Gasteiger partial charge on any atom is -0.310 e. The fourth-order valence-electron chi connectivity index (χ4n) is 9.31. The molecule has 61 heavy (non-hydrogen) atoms. The summed E-state index contributed by atoms with van der Waals surface area (Å²) in [5, 5.41) is 7.55. The third-order valence-corrected chi connectivity index (χ3v) is 13.3. The zero-order chi connectivity index (χ0) is 40.3. The summed E-state index contributed by atoms with van der Waals surface area (Å²) in [6, 6.07) is 84.3. The van der Waals surface area contributed by atoms with Gasteiger partial charge in [0.2, 0.25) is 0 Å². The van der Waals surface area contributed by atoms with E-state index in [2.05, 4.69) is 240 Å². The van der Waals surface area contributed by atoms with Gasteiger partial charge in [0.05, 0.1) is 16.7 Å². The zero-order valence-electron chi connectivity index (χ0n) is 33.2. The number of thiophene rings is 1. The van der Waals surface area contributed by atoms with Crippen molar-refractivity contribution in [2.75, 3.05) is 4.90 Å². The number of fused-ring (bicyclic) bond motifs is 7. The number of hydrogen-bond acceptors (Lipinski definition) is 2. The number of para-hydroxylation sites is 2. The van der Waals surface area contributed by atoms with Crippen LogP contribution in [0.5, 0.6) is 0 Å². The molecule has 12 rings (SSSR count). The van der Waals surface area contributed by atoms with Gasteiger partial charge in [0.25, 0.3) is 0 Å². The maximum Gasteiger partial charge on any atom is 0.0547 e. The van der Waals surface area contributed by atoms with Crippen molar-refractivity contribution in [2.45, 2.75) is 0 Å².